The van der Waals surface area contributed by atoms with Crippen molar-refractivity contribution in [2.75, 3.05) is 20.2 Å². The van der Waals surface area contributed by atoms with Crippen LogP contribution in [0.15, 0.2) is 18.2 Å². The second kappa shape index (κ2) is 7.04. The van der Waals surface area contributed by atoms with Crippen LogP contribution in [0.25, 0.3) is 0 Å². The van der Waals surface area contributed by atoms with Gasteiger partial charge in [0.05, 0.1) is 18.3 Å². The van der Waals surface area contributed by atoms with Crippen LogP contribution in [0.1, 0.15) is 24.2 Å². The first-order valence-corrected chi connectivity index (χ1v) is 6.81. The Morgan fingerprint density at radius 3 is 2.72 bits per heavy atom. The van der Waals surface area contributed by atoms with Crippen molar-refractivity contribution in [2.45, 2.75) is 20.0 Å². The summed E-state index contributed by atoms with van der Waals surface area (Å²) in [6.45, 7) is 4.91. The first-order valence-electron chi connectivity index (χ1n) is 5.74. The second-order valence-corrected chi connectivity index (χ2v) is 5.43. The standard InChI is InChI=1S/C13H17FINO2/c1-9(2)18-7-6-16(3)13(17)11-5-4-10(14)8-12(11)15/h4-5,8-9H,6-7H2,1-3H3. The maximum Gasteiger partial charge on any atom is 0.254 e. The van der Waals surface area contributed by atoms with E-state index in [2.05, 4.69) is 0 Å². The molecular formula is C13H17FINO2. The van der Waals surface area contributed by atoms with Crippen LogP contribution in [0.5, 0.6) is 0 Å². The van der Waals surface area contributed by atoms with Crippen LogP contribution < -0.4 is 0 Å². The van der Waals surface area contributed by atoms with Crippen LogP contribution in [0.4, 0.5) is 4.39 Å². The van der Waals surface area contributed by atoms with Crippen molar-refractivity contribution in [3.8, 4) is 0 Å². The Morgan fingerprint density at radius 2 is 2.17 bits per heavy atom. The molecule has 18 heavy (non-hydrogen) atoms. The number of nitrogens with zero attached hydrogens (tertiary/aromatic N) is 1. The van der Waals surface area contributed by atoms with Gasteiger partial charge in [-0.25, -0.2) is 4.39 Å². The lowest BCUT2D eigenvalue weighted by molar-refractivity contribution is 0.0531. The highest BCUT2D eigenvalue weighted by Crippen LogP contribution is 2.15. The quantitative estimate of drug-likeness (QED) is 0.751. The molecule has 0 atom stereocenters. The van der Waals surface area contributed by atoms with Gasteiger partial charge in [0.1, 0.15) is 5.82 Å². The van der Waals surface area contributed by atoms with Crippen molar-refractivity contribution < 1.29 is 13.9 Å². The van der Waals surface area contributed by atoms with E-state index in [1.807, 2.05) is 36.4 Å². The second-order valence-electron chi connectivity index (χ2n) is 4.27. The minimum Gasteiger partial charge on any atom is -0.377 e. The number of carbonyl (C=O) groups is 1. The van der Waals surface area contributed by atoms with E-state index in [1.165, 1.54) is 18.2 Å². The minimum absolute atomic E-state index is 0.119. The third-order valence-electron chi connectivity index (χ3n) is 2.39. The fourth-order valence-corrected chi connectivity index (χ4v) is 2.10. The van der Waals surface area contributed by atoms with Gasteiger partial charge in [-0.1, -0.05) is 0 Å². The fourth-order valence-electron chi connectivity index (χ4n) is 1.40. The summed E-state index contributed by atoms with van der Waals surface area (Å²) in [5.74, 6) is -0.450. The van der Waals surface area contributed by atoms with Crippen molar-refractivity contribution >= 4 is 28.5 Å². The van der Waals surface area contributed by atoms with Gasteiger partial charge in [-0.2, -0.15) is 0 Å². The van der Waals surface area contributed by atoms with E-state index < -0.39 is 0 Å². The Morgan fingerprint density at radius 1 is 1.50 bits per heavy atom. The monoisotopic (exact) mass is 365 g/mol. The highest BCUT2D eigenvalue weighted by atomic mass is 127. The predicted molar refractivity (Wildman–Crippen MR) is 77.2 cm³/mol. The molecule has 0 aliphatic carbocycles. The zero-order chi connectivity index (χ0) is 13.7. The summed E-state index contributed by atoms with van der Waals surface area (Å²) < 4.78 is 19.0. The summed E-state index contributed by atoms with van der Waals surface area (Å²) in [7, 11) is 1.71. The smallest absolute Gasteiger partial charge is 0.254 e. The number of amides is 1. The number of rotatable bonds is 5. The average molecular weight is 365 g/mol. The largest absolute Gasteiger partial charge is 0.377 e. The summed E-state index contributed by atoms with van der Waals surface area (Å²) in [5.41, 5.74) is 0.518. The summed E-state index contributed by atoms with van der Waals surface area (Å²) in [5, 5.41) is 0. The lowest BCUT2D eigenvalue weighted by atomic mass is 10.2. The zero-order valence-electron chi connectivity index (χ0n) is 10.7. The van der Waals surface area contributed by atoms with Gasteiger partial charge in [-0.15, -0.1) is 0 Å². The van der Waals surface area contributed by atoms with Crippen LogP contribution in [0, 0.1) is 9.39 Å². The van der Waals surface area contributed by atoms with E-state index in [1.54, 1.807) is 11.9 Å². The number of ether oxygens (including phenoxy) is 1. The van der Waals surface area contributed by atoms with E-state index in [9.17, 15) is 9.18 Å². The van der Waals surface area contributed by atoms with Crippen molar-refractivity contribution in [1.82, 2.24) is 4.90 Å². The Kier molecular flexibility index (Phi) is 6.01. The molecule has 5 heteroatoms. The fraction of sp³-hybridized carbons (Fsp3) is 0.462. The Balaban J connectivity index is 2.63. The van der Waals surface area contributed by atoms with Gasteiger partial charge in [-0.3, -0.25) is 4.79 Å². The SMILES string of the molecule is CC(C)OCCN(C)C(=O)c1ccc(F)cc1I. The van der Waals surface area contributed by atoms with Gasteiger partial charge in [0.25, 0.3) is 5.91 Å². The molecule has 0 saturated heterocycles. The van der Waals surface area contributed by atoms with Crippen LogP contribution in [0.2, 0.25) is 0 Å². The number of hydrogen-bond donors (Lipinski definition) is 0. The molecule has 3 nitrogen and oxygen atoms in total. The number of halogens is 2. The van der Waals surface area contributed by atoms with Gasteiger partial charge in [0.15, 0.2) is 0 Å². The third kappa shape index (κ3) is 4.53. The van der Waals surface area contributed by atoms with Crippen LogP contribution >= 0.6 is 22.6 Å². The number of likely N-dealkylation sites (N-methyl/N-ethyl adjacent to an activating group) is 1. The van der Waals surface area contributed by atoms with Gasteiger partial charge >= 0.3 is 0 Å². The maximum atomic E-state index is 13.0. The van der Waals surface area contributed by atoms with Crippen molar-refractivity contribution in [2.24, 2.45) is 0 Å². The molecule has 1 amide bonds. The normalized spacial score (nSPS) is 10.8. The van der Waals surface area contributed by atoms with E-state index in [-0.39, 0.29) is 17.8 Å². The Labute approximate surface area is 120 Å². The van der Waals surface area contributed by atoms with Crippen molar-refractivity contribution in [1.29, 1.82) is 0 Å². The summed E-state index contributed by atoms with van der Waals surface area (Å²) in [4.78, 5) is 13.7. The first-order chi connectivity index (χ1) is 8.41. The maximum absolute atomic E-state index is 13.0. The molecule has 0 bridgehead atoms. The molecule has 1 aromatic carbocycles. The number of hydrogen-bond acceptors (Lipinski definition) is 2. The molecule has 0 aromatic heterocycles. The molecule has 0 aliphatic rings. The van der Waals surface area contributed by atoms with E-state index in [0.29, 0.717) is 22.3 Å². The van der Waals surface area contributed by atoms with E-state index in [0.717, 1.165) is 0 Å². The van der Waals surface area contributed by atoms with Crippen LogP contribution in [-0.4, -0.2) is 37.1 Å². The van der Waals surface area contributed by atoms with E-state index in [4.69, 9.17) is 4.74 Å². The first kappa shape index (κ1) is 15.4. The molecule has 1 rings (SSSR count). The predicted octanol–water partition coefficient (Wildman–Crippen LogP) is 2.93. The third-order valence-corrected chi connectivity index (χ3v) is 3.28. The molecule has 0 saturated carbocycles. The molecule has 100 valence electrons. The van der Waals surface area contributed by atoms with E-state index >= 15 is 0 Å². The molecule has 0 unspecified atom stereocenters. The topological polar surface area (TPSA) is 29.5 Å². The molecule has 0 fully saturated rings. The summed E-state index contributed by atoms with van der Waals surface area (Å²) in [6, 6.07) is 4.17. The lowest BCUT2D eigenvalue weighted by Crippen LogP contribution is -2.31. The Bertz CT molecular complexity index is 423. The number of benzene rings is 1. The summed E-state index contributed by atoms with van der Waals surface area (Å²) >= 11 is 1.96. The van der Waals surface area contributed by atoms with Crippen LogP contribution in [0.3, 0.4) is 0 Å². The highest BCUT2D eigenvalue weighted by Gasteiger charge is 2.15. The van der Waals surface area contributed by atoms with Gasteiger partial charge < -0.3 is 9.64 Å². The lowest BCUT2D eigenvalue weighted by Gasteiger charge is -2.18. The molecule has 0 radical (unpaired) electrons. The summed E-state index contributed by atoms with van der Waals surface area (Å²) in [6.07, 6.45) is 0.152. The van der Waals surface area contributed by atoms with Gasteiger partial charge in [-0.05, 0) is 54.6 Å². The molecule has 1 aromatic rings. The average Bonchev–Trinajstić information content (AvgIpc) is 2.27. The molecular weight excluding hydrogens is 348 g/mol. The molecule has 0 spiro atoms. The highest BCUT2D eigenvalue weighted by molar-refractivity contribution is 14.1. The number of carbonyl (C=O) groups excluding carboxylic acids is 1. The van der Waals surface area contributed by atoms with Gasteiger partial charge in [0.2, 0.25) is 0 Å². The van der Waals surface area contributed by atoms with Gasteiger partial charge in [0, 0.05) is 17.2 Å². The zero-order valence-corrected chi connectivity index (χ0v) is 12.9. The molecule has 0 aliphatic heterocycles. The minimum atomic E-state index is -0.332. The molecule has 0 N–H and O–H groups in total. The molecule has 0 heterocycles. The van der Waals surface area contributed by atoms with Crippen molar-refractivity contribution in [3.63, 3.8) is 0 Å². The van der Waals surface area contributed by atoms with Crippen molar-refractivity contribution in [3.05, 3.63) is 33.1 Å². The van der Waals surface area contributed by atoms with Crippen LogP contribution in [-0.2, 0) is 4.74 Å². The Hall–Kier alpha value is -0.690.